The van der Waals surface area contributed by atoms with Crippen molar-refractivity contribution in [3.8, 4) is 11.5 Å². The molecule has 0 heterocycles. The Morgan fingerprint density at radius 2 is 1.80 bits per heavy atom. The summed E-state index contributed by atoms with van der Waals surface area (Å²) in [6.07, 6.45) is 2.79. The van der Waals surface area contributed by atoms with Crippen molar-refractivity contribution in [2.24, 2.45) is 0 Å². The van der Waals surface area contributed by atoms with Gasteiger partial charge in [-0.15, -0.1) is 0 Å². The van der Waals surface area contributed by atoms with E-state index in [0.717, 1.165) is 19.3 Å². The van der Waals surface area contributed by atoms with Crippen LogP contribution in [0.5, 0.6) is 11.5 Å². The van der Waals surface area contributed by atoms with Crippen LogP contribution in [0.3, 0.4) is 0 Å². The fourth-order valence-corrected chi connectivity index (χ4v) is 2.49. The molecule has 4 nitrogen and oxygen atoms in total. The van der Waals surface area contributed by atoms with E-state index in [1.165, 1.54) is 5.56 Å². The highest BCUT2D eigenvalue weighted by Crippen LogP contribution is 2.28. The SMILES string of the molecule is CCCOc1ccc(C(=O)NCCCc2ccccc2)cc1OCC. The van der Waals surface area contributed by atoms with Crippen molar-refractivity contribution in [2.75, 3.05) is 19.8 Å². The minimum Gasteiger partial charge on any atom is -0.490 e. The standard InChI is InChI=1S/C21H27NO3/c1-3-15-25-19-13-12-18(16-20(19)24-4-2)21(23)22-14-8-11-17-9-6-5-7-10-17/h5-7,9-10,12-13,16H,3-4,8,11,14-15H2,1-2H3,(H,22,23). The Bertz CT molecular complexity index is 655. The van der Waals surface area contributed by atoms with Crippen LogP contribution in [-0.2, 0) is 6.42 Å². The molecule has 0 atom stereocenters. The van der Waals surface area contributed by atoms with Gasteiger partial charge >= 0.3 is 0 Å². The van der Waals surface area contributed by atoms with E-state index in [2.05, 4.69) is 24.4 Å². The topological polar surface area (TPSA) is 47.6 Å². The van der Waals surface area contributed by atoms with Gasteiger partial charge in [0.1, 0.15) is 0 Å². The maximum atomic E-state index is 12.3. The molecule has 0 fully saturated rings. The summed E-state index contributed by atoms with van der Waals surface area (Å²) in [5.74, 6) is 1.22. The summed E-state index contributed by atoms with van der Waals surface area (Å²) in [5, 5.41) is 2.97. The maximum absolute atomic E-state index is 12.3. The summed E-state index contributed by atoms with van der Waals surface area (Å²) >= 11 is 0. The quantitative estimate of drug-likeness (QED) is 0.658. The van der Waals surface area contributed by atoms with E-state index >= 15 is 0 Å². The zero-order valence-corrected chi connectivity index (χ0v) is 15.1. The highest BCUT2D eigenvalue weighted by molar-refractivity contribution is 5.94. The molecule has 25 heavy (non-hydrogen) atoms. The molecule has 0 aliphatic carbocycles. The molecule has 4 heteroatoms. The zero-order valence-electron chi connectivity index (χ0n) is 15.1. The normalized spacial score (nSPS) is 10.3. The molecule has 0 spiro atoms. The van der Waals surface area contributed by atoms with Gasteiger partial charge in [-0.05, 0) is 49.9 Å². The third-order valence-electron chi connectivity index (χ3n) is 3.74. The molecule has 0 saturated carbocycles. The predicted octanol–water partition coefficient (Wildman–Crippen LogP) is 4.24. The molecule has 0 aliphatic rings. The first-order valence-corrected chi connectivity index (χ1v) is 8.96. The number of hydrogen-bond donors (Lipinski definition) is 1. The lowest BCUT2D eigenvalue weighted by Gasteiger charge is -2.13. The number of carbonyl (C=O) groups excluding carboxylic acids is 1. The van der Waals surface area contributed by atoms with Gasteiger partial charge in [0.25, 0.3) is 5.91 Å². The second-order valence-electron chi connectivity index (χ2n) is 5.79. The number of rotatable bonds is 10. The van der Waals surface area contributed by atoms with Gasteiger partial charge in [-0.25, -0.2) is 0 Å². The van der Waals surface area contributed by atoms with Crippen LogP contribution in [0.1, 0.15) is 42.6 Å². The molecule has 0 aromatic heterocycles. The predicted molar refractivity (Wildman–Crippen MR) is 100 cm³/mol. The summed E-state index contributed by atoms with van der Waals surface area (Å²) in [5.41, 5.74) is 1.87. The van der Waals surface area contributed by atoms with Gasteiger partial charge in [0, 0.05) is 12.1 Å². The number of benzene rings is 2. The van der Waals surface area contributed by atoms with Gasteiger partial charge in [-0.3, -0.25) is 4.79 Å². The van der Waals surface area contributed by atoms with Crippen molar-refractivity contribution in [3.63, 3.8) is 0 Å². The van der Waals surface area contributed by atoms with Gasteiger partial charge in [0.05, 0.1) is 13.2 Å². The minimum atomic E-state index is -0.0870. The molecule has 2 aromatic rings. The van der Waals surface area contributed by atoms with Gasteiger partial charge in [0.15, 0.2) is 11.5 Å². The van der Waals surface area contributed by atoms with Gasteiger partial charge in [0.2, 0.25) is 0 Å². The fourth-order valence-electron chi connectivity index (χ4n) is 2.49. The molecule has 0 bridgehead atoms. The molecule has 0 saturated heterocycles. The van der Waals surface area contributed by atoms with Crippen LogP contribution in [0.2, 0.25) is 0 Å². The molecule has 2 rings (SSSR count). The highest BCUT2D eigenvalue weighted by Gasteiger charge is 2.11. The van der Waals surface area contributed by atoms with E-state index in [1.807, 2.05) is 25.1 Å². The van der Waals surface area contributed by atoms with E-state index < -0.39 is 0 Å². The second-order valence-corrected chi connectivity index (χ2v) is 5.79. The Hall–Kier alpha value is -2.49. The molecular formula is C21H27NO3. The smallest absolute Gasteiger partial charge is 0.251 e. The molecule has 134 valence electrons. The van der Waals surface area contributed by atoms with Gasteiger partial charge < -0.3 is 14.8 Å². The Morgan fingerprint density at radius 1 is 1.00 bits per heavy atom. The lowest BCUT2D eigenvalue weighted by Crippen LogP contribution is -2.24. The Kier molecular flexibility index (Phi) is 7.83. The number of carbonyl (C=O) groups is 1. The van der Waals surface area contributed by atoms with Crippen molar-refractivity contribution in [2.45, 2.75) is 33.1 Å². The van der Waals surface area contributed by atoms with Crippen molar-refractivity contribution in [1.82, 2.24) is 5.32 Å². The third-order valence-corrected chi connectivity index (χ3v) is 3.74. The van der Waals surface area contributed by atoms with Crippen LogP contribution in [0.4, 0.5) is 0 Å². The number of aryl methyl sites for hydroxylation is 1. The highest BCUT2D eigenvalue weighted by atomic mass is 16.5. The average molecular weight is 341 g/mol. The largest absolute Gasteiger partial charge is 0.490 e. The van der Waals surface area contributed by atoms with Gasteiger partial charge in [-0.1, -0.05) is 37.3 Å². The van der Waals surface area contributed by atoms with E-state index in [-0.39, 0.29) is 5.91 Å². The molecule has 1 N–H and O–H groups in total. The second kappa shape index (κ2) is 10.4. The molecule has 2 aromatic carbocycles. The van der Waals surface area contributed by atoms with E-state index in [9.17, 15) is 4.79 Å². The van der Waals surface area contributed by atoms with Crippen LogP contribution < -0.4 is 14.8 Å². The molecular weight excluding hydrogens is 314 g/mol. The third kappa shape index (κ3) is 6.14. The monoisotopic (exact) mass is 341 g/mol. The molecule has 0 radical (unpaired) electrons. The summed E-state index contributed by atoms with van der Waals surface area (Å²) in [4.78, 5) is 12.3. The van der Waals surface area contributed by atoms with Crippen molar-refractivity contribution >= 4 is 5.91 Å². The number of ether oxygens (including phenoxy) is 2. The van der Waals surface area contributed by atoms with E-state index in [1.54, 1.807) is 18.2 Å². The van der Waals surface area contributed by atoms with E-state index in [4.69, 9.17) is 9.47 Å². The van der Waals surface area contributed by atoms with Crippen molar-refractivity contribution in [1.29, 1.82) is 0 Å². The summed E-state index contributed by atoms with van der Waals surface area (Å²) in [6.45, 7) is 5.78. The van der Waals surface area contributed by atoms with Crippen LogP contribution in [-0.4, -0.2) is 25.7 Å². The Labute approximate surface area is 150 Å². The minimum absolute atomic E-state index is 0.0870. The van der Waals surface area contributed by atoms with E-state index in [0.29, 0.717) is 36.8 Å². The summed E-state index contributed by atoms with van der Waals surface area (Å²) in [6, 6.07) is 15.6. The number of amides is 1. The first kappa shape index (κ1) is 18.8. The molecule has 0 unspecified atom stereocenters. The summed E-state index contributed by atoms with van der Waals surface area (Å²) in [7, 11) is 0. The lowest BCUT2D eigenvalue weighted by atomic mass is 10.1. The molecule has 1 amide bonds. The fraction of sp³-hybridized carbons (Fsp3) is 0.381. The van der Waals surface area contributed by atoms with Crippen molar-refractivity contribution < 1.29 is 14.3 Å². The first-order valence-electron chi connectivity index (χ1n) is 8.96. The van der Waals surface area contributed by atoms with Gasteiger partial charge in [-0.2, -0.15) is 0 Å². The Balaban J connectivity index is 1.88. The first-order chi connectivity index (χ1) is 12.2. The number of nitrogens with one attached hydrogen (secondary N) is 1. The number of hydrogen-bond acceptors (Lipinski definition) is 3. The maximum Gasteiger partial charge on any atom is 0.251 e. The molecule has 0 aliphatic heterocycles. The van der Waals surface area contributed by atoms with Crippen LogP contribution >= 0.6 is 0 Å². The average Bonchev–Trinajstić information content (AvgIpc) is 2.65. The zero-order chi connectivity index (χ0) is 17.9. The Morgan fingerprint density at radius 3 is 2.52 bits per heavy atom. The van der Waals surface area contributed by atoms with Crippen LogP contribution in [0, 0.1) is 0 Å². The van der Waals surface area contributed by atoms with Crippen LogP contribution in [0.25, 0.3) is 0 Å². The lowest BCUT2D eigenvalue weighted by molar-refractivity contribution is 0.0952. The summed E-state index contributed by atoms with van der Waals surface area (Å²) < 4.78 is 11.3. The van der Waals surface area contributed by atoms with Crippen molar-refractivity contribution in [3.05, 3.63) is 59.7 Å². The van der Waals surface area contributed by atoms with Crippen LogP contribution in [0.15, 0.2) is 48.5 Å².